The third kappa shape index (κ3) is 5.90. The Labute approximate surface area is 202 Å². The first-order valence-electron chi connectivity index (χ1n) is 10.3. The molecule has 0 radical (unpaired) electrons. The van der Waals surface area contributed by atoms with Gasteiger partial charge in [-0.25, -0.2) is 9.59 Å². The topological polar surface area (TPSA) is 112 Å². The zero-order valence-electron chi connectivity index (χ0n) is 18.7. The minimum Gasteiger partial charge on any atom is -0.467 e. The van der Waals surface area contributed by atoms with Crippen molar-refractivity contribution in [3.63, 3.8) is 0 Å². The molecule has 0 saturated heterocycles. The number of nitrogen functional groups attached to an aromatic ring is 1. The van der Waals surface area contributed by atoms with Gasteiger partial charge in [-0.3, -0.25) is 9.78 Å². The quantitative estimate of drug-likeness (QED) is 0.387. The predicted octanol–water partition coefficient (Wildman–Crippen LogP) is 3.53. The first kappa shape index (κ1) is 24.7. The molecule has 2 N–H and O–H groups in total. The van der Waals surface area contributed by atoms with Gasteiger partial charge in [-0.05, 0) is 48.0 Å². The lowest BCUT2D eigenvalue weighted by Crippen LogP contribution is -2.46. The zero-order chi connectivity index (χ0) is 24.7. The van der Waals surface area contributed by atoms with Gasteiger partial charge in [0.15, 0.2) is 0 Å². The molecule has 1 aromatic heterocycles. The summed E-state index contributed by atoms with van der Waals surface area (Å²) in [5, 5.41) is 0.386. The summed E-state index contributed by atoms with van der Waals surface area (Å²) in [5.74, 6) is -1.55. The van der Waals surface area contributed by atoms with Crippen molar-refractivity contribution in [2.24, 2.45) is 0 Å². The van der Waals surface area contributed by atoms with E-state index in [1.165, 1.54) is 31.3 Å². The summed E-state index contributed by atoms with van der Waals surface area (Å²) in [5.41, 5.74) is 8.12. The molecule has 8 nitrogen and oxygen atoms in total. The number of hydrogen-bond donors (Lipinski definition) is 1. The van der Waals surface area contributed by atoms with Gasteiger partial charge in [0.2, 0.25) is 0 Å². The van der Waals surface area contributed by atoms with Crippen molar-refractivity contribution in [2.45, 2.75) is 19.0 Å². The lowest BCUT2D eigenvalue weighted by atomic mass is 10.0. The summed E-state index contributed by atoms with van der Waals surface area (Å²) >= 11 is 6.00. The molecule has 1 heterocycles. The molecule has 2 aromatic carbocycles. The van der Waals surface area contributed by atoms with E-state index in [1.807, 2.05) is 0 Å². The highest BCUT2D eigenvalue weighted by Crippen LogP contribution is 2.23. The number of carbonyl (C=O) groups excluding carboxylic acids is 3. The van der Waals surface area contributed by atoms with Crippen molar-refractivity contribution in [3.05, 3.63) is 94.3 Å². The molecule has 3 rings (SSSR count). The predicted molar refractivity (Wildman–Crippen MR) is 127 cm³/mol. The first-order chi connectivity index (χ1) is 16.3. The Morgan fingerprint density at radius 1 is 1.03 bits per heavy atom. The van der Waals surface area contributed by atoms with Gasteiger partial charge in [0.1, 0.15) is 6.04 Å². The van der Waals surface area contributed by atoms with Crippen LogP contribution in [0.5, 0.6) is 0 Å². The summed E-state index contributed by atoms with van der Waals surface area (Å²) in [4.78, 5) is 43.9. The molecule has 0 aliphatic rings. The maximum atomic E-state index is 13.7. The molecule has 0 saturated carbocycles. The van der Waals surface area contributed by atoms with Crippen molar-refractivity contribution in [1.29, 1.82) is 0 Å². The second-order valence-electron chi connectivity index (χ2n) is 7.42. The number of anilines is 1. The van der Waals surface area contributed by atoms with Gasteiger partial charge in [0.25, 0.3) is 5.91 Å². The van der Waals surface area contributed by atoms with Crippen molar-refractivity contribution in [2.75, 3.05) is 20.0 Å². The zero-order valence-corrected chi connectivity index (χ0v) is 19.5. The number of carbonyl (C=O) groups is 3. The van der Waals surface area contributed by atoms with E-state index in [-0.39, 0.29) is 24.2 Å². The minimum atomic E-state index is -0.984. The van der Waals surface area contributed by atoms with Crippen LogP contribution in [0.1, 0.15) is 32.0 Å². The third-order valence-corrected chi connectivity index (χ3v) is 5.45. The van der Waals surface area contributed by atoms with E-state index in [9.17, 15) is 14.4 Å². The Hall–Kier alpha value is -3.91. The van der Waals surface area contributed by atoms with Crippen LogP contribution in [-0.4, -0.2) is 48.0 Å². The highest BCUT2D eigenvalue weighted by atomic mass is 35.5. The number of methoxy groups -OCH3 is 2. The maximum absolute atomic E-state index is 13.7. The lowest BCUT2D eigenvalue weighted by molar-refractivity contribution is -0.146. The average Bonchev–Trinajstić information content (AvgIpc) is 2.85. The fraction of sp³-hybridized carbons (Fsp3) is 0.200. The second kappa shape index (κ2) is 11.3. The third-order valence-electron chi connectivity index (χ3n) is 5.21. The molecule has 1 amide bonds. The van der Waals surface area contributed by atoms with E-state index >= 15 is 0 Å². The normalized spacial score (nSPS) is 11.4. The van der Waals surface area contributed by atoms with E-state index in [1.54, 1.807) is 54.7 Å². The van der Waals surface area contributed by atoms with Crippen LogP contribution < -0.4 is 5.73 Å². The molecule has 0 aliphatic heterocycles. The minimum absolute atomic E-state index is 0.0505. The Morgan fingerprint density at radius 3 is 2.35 bits per heavy atom. The average molecular weight is 482 g/mol. The molecule has 0 spiro atoms. The Balaban J connectivity index is 2.02. The van der Waals surface area contributed by atoms with E-state index < -0.39 is 23.9 Å². The van der Waals surface area contributed by atoms with Gasteiger partial charge in [-0.2, -0.15) is 0 Å². The Bertz CT molecular complexity index is 1170. The fourth-order valence-electron chi connectivity index (χ4n) is 3.44. The monoisotopic (exact) mass is 481 g/mol. The molecular weight excluding hydrogens is 458 g/mol. The Morgan fingerprint density at radius 2 is 1.76 bits per heavy atom. The van der Waals surface area contributed by atoms with Gasteiger partial charge >= 0.3 is 11.9 Å². The molecule has 3 aromatic rings. The Kier molecular flexibility index (Phi) is 8.21. The molecule has 9 heteroatoms. The largest absolute Gasteiger partial charge is 0.467 e. The molecule has 0 unspecified atom stereocenters. The molecule has 0 aliphatic carbocycles. The molecule has 34 heavy (non-hydrogen) atoms. The summed E-state index contributed by atoms with van der Waals surface area (Å²) in [6, 6.07) is 15.4. The van der Waals surface area contributed by atoms with Crippen molar-refractivity contribution in [3.8, 4) is 0 Å². The van der Waals surface area contributed by atoms with Gasteiger partial charge in [-0.15, -0.1) is 0 Å². The summed E-state index contributed by atoms with van der Waals surface area (Å²) in [6.07, 6.45) is 1.74. The van der Waals surface area contributed by atoms with Gasteiger partial charge in [0.05, 0.1) is 25.3 Å². The molecule has 1 atom stereocenters. The summed E-state index contributed by atoms with van der Waals surface area (Å²) < 4.78 is 9.76. The SMILES string of the molecule is COC(=O)c1ccc(CN(C(=O)c2ccc(Cl)cc2N)[C@H](Cc2ccccn2)C(=O)OC)cc1. The molecular formula is C25H24ClN3O5. The number of nitrogens with two attached hydrogens (primary N) is 1. The van der Waals surface area contributed by atoms with Crippen molar-refractivity contribution >= 4 is 35.1 Å². The van der Waals surface area contributed by atoms with Gasteiger partial charge in [0, 0.05) is 35.6 Å². The highest BCUT2D eigenvalue weighted by molar-refractivity contribution is 6.31. The smallest absolute Gasteiger partial charge is 0.337 e. The van der Waals surface area contributed by atoms with E-state index in [0.717, 1.165) is 0 Å². The number of esters is 2. The number of hydrogen-bond acceptors (Lipinski definition) is 7. The molecule has 0 bridgehead atoms. The number of rotatable bonds is 8. The van der Waals surface area contributed by atoms with Crippen LogP contribution in [0.25, 0.3) is 0 Å². The van der Waals surface area contributed by atoms with Crippen LogP contribution in [0.2, 0.25) is 5.02 Å². The highest BCUT2D eigenvalue weighted by Gasteiger charge is 2.33. The van der Waals surface area contributed by atoms with Crippen LogP contribution in [0.4, 0.5) is 5.69 Å². The number of amides is 1. The fourth-order valence-corrected chi connectivity index (χ4v) is 3.62. The van der Waals surface area contributed by atoms with Gasteiger partial charge < -0.3 is 20.1 Å². The van der Waals surface area contributed by atoms with Crippen molar-refractivity contribution < 1.29 is 23.9 Å². The number of nitrogens with zero attached hydrogens (tertiary/aromatic N) is 2. The van der Waals surface area contributed by atoms with Crippen LogP contribution in [0.15, 0.2) is 66.9 Å². The van der Waals surface area contributed by atoms with E-state index in [4.69, 9.17) is 26.8 Å². The standard InChI is InChI=1S/C25H24ClN3O5/c1-33-24(31)17-8-6-16(7-9-17)15-29(23(30)20-11-10-18(26)13-21(20)27)22(25(32)34-2)14-19-5-3-4-12-28-19/h3-13,22H,14-15,27H2,1-2H3/t22-/m1/s1. The van der Waals surface area contributed by atoms with Gasteiger partial charge in [-0.1, -0.05) is 29.8 Å². The lowest BCUT2D eigenvalue weighted by Gasteiger charge is -2.30. The number of aromatic nitrogens is 1. The molecule has 176 valence electrons. The number of benzene rings is 2. The maximum Gasteiger partial charge on any atom is 0.337 e. The number of halogens is 1. The van der Waals surface area contributed by atoms with E-state index in [2.05, 4.69) is 4.98 Å². The summed E-state index contributed by atoms with van der Waals surface area (Å²) in [7, 11) is 2.56. The van der Waals surface area contributed by atoms with Crippen molar-refractivity contribution in [1.82, 2.24) is 9.88 Å². The number of pyridine rings is 1. The van der Waals surface area contributed by atoms with Crippen LogP contribution in [-0.2, 0) is 27.2 Å². The first-order valence-corrected chi connectivity index (χ1v) is 10.7. The van der Waals surface area contributed by atoms with E-state index in [0.29, 0.717) is 21.8 Å². The second-order valence-corrected chi connectivity index (χ2v) is 7.85. The van der Waals surface area contributed by atoms with Crippen LogP contribution in [0.3, 0.4) is 0 Å². The summed E-state index contributed by atoms with van der Waals surface area (Å²) in [6.45, 7) is 0.0505. The molecule has 0 fully saturated rings. The van der Waals surface area contributed by atoms with Crippen LogP contribution >= 0.6 is 11.6 Å². The number of ether oxygens (including phenoxy) is 2. The van der Waals surface area contributed by atoms with Crippen LogP contribution in [0, 0.1) is 0 Å².